The Hall–Kier alpha value is -1.69. The Morgan fingerprint density at radius 1 is 1.24 bits per heavy atom. The summed E-state index contributed by atoms with van der Waals surface area (Å²) >= 11 is 0. The third-order valence-corrected chi connectivity index (χ3v) is 5.83. The first kappa shape index (κ1) is 16.8. The van der Waals surface area contributed by atoms with E-state index in [-0.39, 0.29) is 5.41 Å². The summed E-state index contributed by atoms with van der Waals surface area (Å²) in [6, 6.07) is 12.9. The van der Waals surface area contributed by atoms with E-state index in [1.54, 1.807) is 0 Å². The molecule has 2 aromatic rings. The normalized spacial score (nSPS) is 25.0. The van der Waals surface area contributed by atoms with Gasteiger partial charge in [-0.15, -0.1) is 0 Å². The van der Waals surface area contributed by atoms with Crippen molar-refractivity contribution in [2.75, 3.05) is 19.8 Å². The number of para-hydroxylation sites is 1. The van der Waals surface area contributed by atoms with Gasteiger partial charge in [-0.3, -0.25) is 0 Å². The monoisotopic (exact) mass is 341 g/mol. The van der Waals surface area contributed by atoms with E-state index in [4.69, 9.17) is 9.47 Å². The maximum atomic E-state index is 6.02. The van der Waals surface area contributed by atoms with E-state index in [1.807, 2.05) is 29.1 Å². The maximum Gasteiger partial charge on any atom is 0.0662 e. The average molecular weight is 341 g/mol. The largest absolute Gasteiger partial charge is 0.381 e. The molecule has 1 N–H and O–H groups in total. The molecule has 1 aliphatic carbocycles. The van der Waals surface area contributed by atoms with Gasteiger partial charge in [0.1, 0.15) is 0 Å². The van der Waals surface area contributed by atoms with Crippen molar-refractivity contribution < 1.29 is 9.47 Å². The molecule has 0 amide bonds. The SMILES string of the molecule is CCOC1CC(NCc2ccnn2-c2ccccc2)C12CCOCC2. The fourth-order valence-corrected chi connectivity index (χ4v) is 4.39. The molecule has 2 atom stereocenters. The topological polar surface area (TPSA) is 48.3 Å². The molecule has 2 unspecified atom stereocenters. The minimum Gasteiger partial charge on any atom is -0.381 e. The number of benzene rings is 1. The second-order valence-electron chi connectivity index (χ2n) is 7.03. The van der Waals surface area contributed by atoms with Crippen molar-refractivity contribution in [1.29, 1.82) is 0 Å². The molecular weight excluding hydrogens is 314 g/mol. The minimum atomic E-state index is 0.242. The van der Waals surface area contributed by atoms with E-state index in [0.717, 1.165) is 51.3 Å². The molecule has 5 heteroatoms. The Labute approximate surface area is 149 Å². The standard InChI is InChI=1S/C20H27N3O2/c1-2-25-19-14-18(20(19)9-12-24-13-10-20)21-15-17-8-11-22-23(17)16-6-4-3-5-7-16/h3-8,11,18-19,21H,2,9-10,12-15H2,1H3. The lowest BCUT2D eigenvalue weighted by Gasteiger charge is -2.57. The van der Waals surface area contributed by atoms with Crippen LogP contribution < -0.4 is 5.32 Å². The van der Waals surface area contributed by atoms with Gasteiger partial charge in [0.05, 0.1) is 17.5 Å². The van der Waals surface area contributed by atoms with E-state index in [9.17, 15) is 0 Å². The second-order valence-corrected chi connectivity index (χ2v) is 7.03. The highest BCUT2D eigenvalue weighted by atomic mass is 16.5. The summed E-state index contributed by atoms with van der Waals surface area (Å²) in [4.78, 5) is 0. The molecular formula is C20H27N3O2. The summed E-state index contributed by atoms with van der Waals surface area (Å²) in [5.41, 5.74) is 2.53. The predicted octanol–water partition coefficient (Wildman–Crippen LogP) is 2.94. The second kappa shape index (κ2) is 7.28. The van der Waals surface area contributed by atoms with Crippen molar-refractivity contribution in [3.63, 3.8) is 0 Å². The minimum absolute atomic E-state index is 0.242. The smallest absolute Gasteiger partial charge is 0.0662 e. The number of aromatic nitrogens is 2. The highest BCUT2D eigenvalue weighted by Crippen LogP contribution is 2.50. The molecule has 1 aliphatic heterocycles. The fourth-order valence-electron chi connectivity index (χ4n) is 4.39. The summed E-state index contributed by atoms with van der Waals surface area (Å²) < 4.78 is 13.6. The summed E-state index contributed by atoms with van der Waals surface area (Å²) in [6.45, 7) is 5.40. The lowest BCUT2D eigenvalue weighted by Crippen LogP contribution is -2.65. The molecule has 0 radical (unpaired) electrons. The Morgan fingerprint density at radius 3 is 2.80 bits per heavy atom. The maximum absolute atomic E-state index is 6.02. The number of nitrogens with one attached hydrogen (secondary N) is 1. The first-order valence-corrected chi connectivity index (χ1v) is 9.34. The van der Waals surface area contributed by atoms with E-state index in [1.165, 1.54) is 5.69 Å². The molecule has 4 rings (SSSR count). The number of ether oxygens (including phenoxy) is 2. The van der Waals surface area contributed by atoms with Crippen molar-refractivity contribution >= 4 is 0 Å². The molecule has 1 aromatic carbocycles. The van der Waals surface area contributed by atoms with Crippen molar-refractivity contribution in [2.45, 2.75) is 44.9 Å². The van der Waals surface area contributed by atoms with Crippen molar-refractivity contribution in [2.24, 2.45) is 5.41 Å². The van der Waals surface area contributed by atoms with Crippen LogP contribution in [-0.2, 0) is 16.0 Å². The molecule has 1 aromatic heterocycles. The van der Waals surface area contributed by atoms with Gasteiger partial charge in [0.15, 0.2) is 0 Å². The van der Waals surface area contributed by atoms with Crippen LogP contribution >= 0.6 is 0 Å². The Morgan fingerprint density at radius 2 is 2.04 bits per heavy atom. The Kier molecular flexibility index (Phi) is 4.88. The van der Waals surface area contributed by atoms with Crippen LogP contribution in [-0.4, -0.2) is 41.7 Å². The van der Waals surface area contributed by atoms with Gasteiger partial charge in [-0.25, -0.2) is 4.68 Å². The number of hydrogen-bond donors (Lipinski definition) is 1. The molecule has 1 saturated carbocycles. The highest BCUT2D eigenvalue weighted by Gasteiger charge is 2.55. The van der Waals surface area contributed by atoms with Gasteiger partial charge < -0.3 is 14.8 Å². The molecule has 25 heavy (non-hydrogen) atoms. The summed E-state index contributed by atoms with van der Waals surface area (Å²) in [5, 5.41) is 8.27. The van der Waals surface area contributed by atoms with Crippen molar-refractivity contribution in [1.82, 2.24) is 15.1 Å². The number of hydrogen-bond acceptors (Lipinski definition) is 4. The molecule has 0 bridgehead atoms. The fraction of sp³-hybridized carbons (Fsp3) is 0.550. The van der Waals surface area contributed by atoms with Crippen LogP contribution in [0.4, 0.5) is 0 Å². The van der Waals surface area contributed by atoms with Crippen LogP contribution in [0, 0.1) is 5.41 Å². The van der Waals surface area contributed by atoms with Crippen LogP contribution in [0.1, 0.15) is 31.9 Å². The summed E-state index contributed by atoms with van der Waals surface area (Å²) in [6.07, 6.45) is 5.52. The third-order valence-electron chi connectivity index (χ3n) is 5.83. The van der Waals surface area contributed by atoms with Gasteiger partial charge in [-0.1, -0.05) is 18.2 Å². The van der Waals surface area contributed by atoms with Gasteiger partial charge in [0.2, 0.25) is 0 Å². The summed E-state index contributed by atoms with van der Waals surface area (Å²) in [5.74, 6) is 0. The molecule has 2 heterocycles. The van der Waals surface area contributed by atoms with Gasteiger partial charge >= 0.3 is 0 Å². The zero-order valence-corrected chi connectivity index (χ0v) is 14.9. The van der Waals surface area contributed by atoms with Crippen molar-refractivity contribution in [3.8, 4) is 5.69 Å². The van der Waals surface area contributed by atoms with Crippen LogP contribution in [0.3, 0.4) is 0 Å². The molecule has 1 spiro atoms. The van der Waals surface area contributed by atoms with Crippen LogP contribution in [0.15, 0.2) is 42.6 Å². The lowest BCUT2D eigenvalue weighted by molar-refractivity contribution is -0.173. The summed E-state index contributed by atoms with van der Waals surface area (Å²) in [7, 11) is 0. The first-order chi connectivity index (χ1) is 12.3. The molecule has 1 saturated heterocycles. The predicted molar refractivity (Wildman–Crippen MR) is 96.7 cm³/mol. The zero-order valence-electron chi connectivity index (χ0n) is 14.9. The first-order valence-electron chi connectivity index (χ1n) is 9.34. The number of nitrogens with zero attached hydrogens (tertiary/aromatic N) is 2. The lowest BCUT2D eigenvalue weighted by atomic mass is 9.57. The van der Waals surface area contributed by atoms with Crippen LogP contribution in [0.2, 0.25) is 0 Å². The molecule has 2 fully saturated rings. The zero-order chi connectivity index (χ0) is 17.1. The van der Waals surface area contributed by atoms with Gasteiger partial charge in [-0.05, 0) is 44.4 Å². The Balaban J connectivity index is 1.44. The van der Waals surface area contributed by atoms with E-state index in [0.29, 0.717) is 12.1 Å². The third kappa shape index (κ3) is 3.12. The van der Waals surface area contributed by atoms with E-state index in [2.05, 4.69) is 35.5 Å². The number of rotatable bonds is 6. The molecule has 2 aliphatic rings. The van der Waals surface area contributed by atoms with Crippen molar-refractivity contribution in [3.05, 3.63) is 48.3 Å². The molecule has 5 nitrogen and oxygen atoms in total. The van der Waals surface area contributed by atoms with E-state index < -0.39 is 0 Å². The quantitative estimate of drug-likeness (QED) is 0.878. The highest BCUT2D eigenvalue weighted by molar-refractivity contribution is 5.32. The van der Waals surface area contributed by atoms with Gasteiger partial charge in [-0.2, -0.15) is 5.10 Å². The van der Waals surface area contributed by atoms with Crippen LogP contribution in [0.5, 0.6) is 0 Å². The average Bonchev–Trinajstić information content (AvgIpc) is 3.14. The Bertz CT molecular complexity index is 679. The van der Waals surface area contributed by atoms with Crippen LogP contribution in [0.25, 0.3) is 5.69 Å². The van der Waals surface area contributed by atoms with E-state index >= 15 is 0 Å². The molecule has 134 valence electrons. The van der Waals surface area contributed by atoms with Gasteiger partial charge in [0.25, 0.3) is 0 Å². The van der Waals surface area contributed by atoms with Gasteiger partial charge in [0, 0.05) is 44.0 Å².